The molecule has 0 spiro atoms. The Kier molecular flexibility index (Phi) is 2.69. The van der Waals surface area contributed by atoms with Crippen LogP contribution in [0.2, 0.25) is 0 Å². The molecule has 0 atom stereocenters. The molecule has 1 rings (SSSR count). The van der Waals surface area contributed by atoms with Crippen LogP contribution in [-0.2, 0) is 5.11 Å². The first-order chi connectivity index (χ1) is 4.83. The van der Waals surface area contributed by atoms with Crippen molar-refractivity contribution in [2.24, 2.45) is 5.41 Å². The molecule has 59 valence electrons. The summed E-state index contributed by atoms with van der Waals surface area (Å²) in [6, 6.07) is 0. The van der Waals surface area contributed by atoms with Gasteiger partial charge in [-0.05, 0) is 12.8 Å². The van der Waals surface area contributed by atoms with Crippen molar-refractivity contribution in [1.82, 2.24) is 0 Å². The maximum atomic E-state index is 10.7. The molecule has 0 aromatic carbocycles. The van der Waals surface area contributed by atoms with Crippen molar-refractivity contribution in [2.45, 2.75) is 32.1 Å². The molecule has 1 aliphatic rings. The Bertz CT molecular complexity index is 89.4. The van der Waals surface area contributed by atoms with Gasteiger partial charge < -0.3 is 5.11 Å². The fourth-order valence-electron chi connectivity index (χ4n) is 1.65. The zero-order chi connectivity index (χ0) is 7.45. The van der Waals surface area contributed by atoms with Crippen molar-refractivity contribution in [3.8, 4) is 0 Å². The molecule has 10 heavy (non-hydrogen) atoms. The third-order valence-electron chi connectivity index (χ3n) is 2.56. The Balaban J connectivity index is 2.44. The molecule has 0 aromatic heterocycles. The normalized spacial score (nSPS) is 24.6. The Hall–Kier alpha value is -0.0800. The predicted molar refractivity (Wildman–Crippen MR) is 38.2 cm³/mol. The maximum absolute atomic E-state index is 10.7. The lowest BCUT2D eigenvalue weighted by Gasteiger charge is -2.32. The Morgan fingerprint density at radius 1 is 1.20 bits per heavy atom. The quantitative estimate of drug-likeness (QED) is 0.623. The van der Waals surface area contributed by atoms with Gasteiger partial charge in [-0.1, -0.05) is 19.3 Å². The molecule has 2 nitrogen and oxygen atoms in total. The van der Waals surface area contributed by atoms with Crippen molar-refractivity contribution in [3.05, 3.63) is 0 Å². The summed E-state index contributed by atoms with van der Waals surface area (Å²) >= 11 is 0. The van der Waals surface area contributed by atoms with E-state index in [0.717, 1.165) is 25.7 Å². The van der Waals surface area contributed by atoms with Crippen LogP contribution in [0.15, 0.2) is 0 Å². The van der Waals surface area contributed by atoms with Crippen LogP contribution in [0, 0.1) is 5.41 Å². The van der Waals surface area contributed by atoms with E-state index in [0.29, 0.717) is 0 Å². The molecule has 1 aliphatic carbocycles. The van der Waals surface area contributed by atoms with Crippen LogP contribution < -0.4 is 0 Å². The molecule has 0 aliphatic heterocycles. The highest BCUT2D eigenvalue weighted by atomic mass is 16.3. The lowest BCUT2D eigenvalue weighted by Crippen LogP contribution is -2.31. The van der Waals surface area contributed by atoms with Crippen LogP contribution >= 0.6 is 0 Å². The number of hydrogen-bond acceptors (Lipinski definition) is 1. The molecule has 0 heterocycles. The van der Waals surface area contributed by atoms with Crippen LogP contribution in [0.4, 0.5) is 0 Å². The Labute approximate surface area is 61.9 Å². The molecule has 1 N–H and O–H groups in total. The summed E-state index contributed by atoms with van der Waals surface area (Å²) in [6.45, 7) is 0. The first-order valence-electron chi connectivity index (χ1n) is 4.02. The van der Waals surface area contributed by atoms with Gasteiger partial charge in [-0.2, -0.15) is 0 Å². The molecular weight excluding hydrogens is 128 g/mol. The van der Waals surface area contributed by atoms with E-state index in [4.69, 9.17) is 5.11 Å². The third kappa shape index (κ3) is 1.50. The van der Waals surface area contributed by atoms with E-state index in [-0.39, 0.29) is 18.6 Å². The monoisotopic (exact) mass is 143 g/mol. The summed E-state index contributed by atoms with van der Waals surface area (Å²) in [7, 11) is 0. The van der Waals surface area contributed by atoms with Crippen molar-refractivity contribution in [2.75, 3.05) is 13.2 Å². The molecule has 1 fully saturated rings. The van der Waals surface area contributed by atoms with Crippen LogP contribution in [-0.4, -0.2) is 18.3 Å². The van der Waals surface area contributed by atoms with Gasteiger partial charge in [-0.15, -0.1) is 0 Å². The van der Waals surface area contributed by atoms with E-state index in [1.54, 1.807) is 0 Å². The summed E-state index contributed by atoms with van der Waals surface area (Å²) in [5, 5.41) is 19.6. The maximum Gasteiger partial charge on any atom is 0.0900 e. The van der Waals surface area contributed by atoms with E-state index in [9.17, 15) is 5.11 Å². The fraction of sp³-hybridized carbons (Fsp3) is 1.00. The van der Waals surface area contributed by atoms with Crippen molar-refractivity contribution >= 4 is 0 Å². The topological polar surface area (TPSA) is 40.1 Å². The van der Waals surface area contributed by atoms with Gasteiger partial charge in [-0.25, -0.2) is 5.11 Å². The minimum Gasteiger partial charge on any atom is -0.396 e. The van der Waals surface area contributed by atoms with Gasteiger partial charge in [0.1, 0.15) is 0 Å². The number of rotatable bonds is 2. The van der Waals surface area contributed by atoms with Crippen molar-refractivity contribution in [1.29, 1.82) is 0 Å². The summed E-state index contributed by atoms with van der Waals surface area (Å²) in [5.74, 6) is 0. The van der Waals surface area contributed by atoms with Gasteiger partial charge in [0.2, 0.25) is 0 Å². The number of hydrogen-bond donors (Lipinski definition) is 1. The number of aliphatic hydroxyl groups excluding tert-OH is 1. The van der Waals surface area contributed by atoms with E-state index < -0.39 is 0 Å². The number of aliphatic hydroxyl groups is 1. The molecule has 0 unspecified atom stereocenters. The predicted octanol–water partition coefficient (Wildman–Crippen LogP) is 1.36. The summed E-state index contributed by atoms with van der Waals surface area (Å²) in [6.07, 6.45) is 5.37. The van der Waals surface area contributed by atoms with Gasteiger partial charge in [0.25, 0.3) is 0 Å². The molecule has 2 heteroatoms. The van der Waals surface area contributed by atoms with Gasteiger partial charge in [0.05, 0.1) is 13.2 Å². The van der Waals surface area contributed by atoms with Gasteiger partial charge in [0.15, 0.2) is 0 Å². The minimum atomic E-state index is -0.238. The van der Waals surface area contributed by atoms with Crippen LogP contribution in [0.3, 0.4) is 0 Å². The average Bonchev–Trinajstić information content (AvgIpc) is 2.06. The van der Waals surface area contributed by atoms with Crippen molar-refractivity contribution < 1.29 is 10.2 Å². The molecule has 0 saturated heterocycles. The molecular formula is C8H15O2. The van der Waals surface area contributed by atoms with Gasteiger partial charge in [0, 0.05) is 5.41 Å². The molecule has 1 radical (unpaired) electrons. The SMILES string of the molecule is [O]CC1(CO)CCCCC1. The van der Waals surface area contributed by atoms with E-state index in [1.165, 1.54) is 6.42 Å². The second kappa shape index (κ2) is 3.35. The second-order valence-corrected chi connectivity index (χ2v) is 3.36. The van der Waals surface area contributed by atoms with Crippen LogP contribution in [0.1, 0.15) is 32.1 Å². The lowest BCUT2D eigenvalue weighted by atomic mass is 9.75. The second-order valence-electron chi connectivity index (χ2n) is 3.36. The highest BCUT2D eigenvalue weighted by Gasteiger charge is 2.30. The Morgan fingerprint density at radius 2 is 1.80 bits per heavy atom. The smallest absolute Gasteiger partial charge is 0.0900 e. The first kappa shape index (κ1) is 8.02. The van der Waals surface area contributed by atoms with E-state index in [2.05, 4.69) is 0 Å². The van der Waals surface area contributed by atoms with Crippen LogP contribution in [0.5, 0.6) is 0 Å². The lowest BCUT2D eigenvalue weighted by molar-refractivity contribution is -0.00590. The fourth-order valence-corrected chi connectivity index (χ4v) is 1.65. The minimum absolute atomic E-state index is 0.0938. The molecule has 1 saturated carbocycles. The van der Waals surface area contributed by atoms with Crippen molar-refractivity contribution in [3.63, 3.8) is 0 Å². The van der Waals surface area contributed by atoms with E-state index >= 15 is 0 Å². The average molecular weight is 143 g/mol. The highest BCUT2D eigenvalue weighted by Crippen LogP contribution is 2.35. The summed E-state index contributed by atoms with van der Waals surface area (Å²) in [4.78, 5) is 0. The summed E-state index contributed by atoms with van der Waals surface area (Å²) < 4.78 is 0. The standard InChI is InChI=1S/C8H15O2/c9-6-8(7-10)4-2-1-3-5-8/h9H,1-7H2. The third-order valence-corrected chi connectivity index (χ3v) is 2.56. The highest BCUT2D eigenvalue weighted by molar-refractivity contribution is 4.80. The molecule has 0 bridgehead atoms. The van der Waals surface area contributed by atoms with E-state index in [1.807, 2.05) is 0 Å². The van der Waals surface area contributed by atoms with Gasteiger partial charge >= 0.3 is 0 Å². The molecule has 0 aromatic rings. The summed E-state index contributed by atoms with van der Waals surface area (Å²) in [5.41, 5.74) is -0.238. The largest absolute Gasteiger partial charge is 0.396 e. The first-order valence-corrected chi connectivity index (χ1v) is 4.02. The molecule has 0 amide bonds. The zero-order valence-corrected chi connectivity index (χ0v) is 6.31. The van der Waals surface area contributed by atoms with Gasteiger partial charge in [-0.3, -0.25) is 0 Å². The Morgan fingerprint density at radius 3 is 2.10 bits per heavy atom. The zero-order valence-electron chi connectivity index (χ0n) is 6.31. The van der Waals surface area contributed by atoms with Crippen LogP contribution in [0.25, 0.3) is 0 Å².